The Morgan fingerprint density at radius 3 is 2.92 bits per heavy atom. The molecule has 0 bridgehead atoms. The molecule has 68 valence electrons. The molecule has 0 spiro atoms. The van der Waals surface area contributed by atoms with Gasteiger partial charge in [-0.25, -0.2) is 0 Å². The van der Waals surface area contributed by atoms with Crippen molar-refractivity contribution in [2.24, 2.45) is 11.5 Å². The first-order valence-electron chi connectivity index (χ1n) is 3.94. The quantitative estimate of drug-likeness (QED) is 0.525. The second kappa shape index (κ2) is 3.53. The molecule has 0 saturated carbocycles. The third kappa shape index (κ3) is 1.94. The van der Waals surface area contributed by atoms with Crippen molar-refractivity contribution >= 4 is 11.8 Å². The summed E-state index contributed by atoms with van der Waals surface area (Å²) in [6.07, 6.45) is 1.55. The lowest BCUT2D eigenvalue weighted by Crippen LogP contribution is -2.50. The van der Waals surface area contributed by atoms with Crippen molar-refractivity contribution in [1.29, 1.82) is 0 Å². The molecule has 1 saturated heterocycles. The van der Waals surface area contributed by atoms with Gasteiger partial charge in [-0.2, -0.15) is 0 Å². The molecule has 1 atom stereocenters. The van der Waals surface area contributed by atoms with E-state index in [4.69, 9.17) is 11.5 Å². The summed E-state index contributed by atoms with van der Waals surface area (Å²) >= 11 is 0. The normalized spacial score (nSPS) is 24.2. The molecule has 1 heterocycles. The van der Waals surface area contributed by atoms with Crippen LogP contribution < -0.4 is 11.5 Å². The van der Waals surface area contributed by atoms with Gasteiger partial charge in [0.05, 0.1) is 12.6 Å². The summed E-state index contributed by atoms with van der Waals surface area (Å²) in [5, 5.41) is 0. The van der Waals surface area contributed by atoms with Crippen molar-refractivity contribution in [3.63, 3.8) is 0 Å². The van der Waals surface area contributed by atoms with E-state index in [1.54, 1.807) is 0 Å². The number of piperidine rings is 1. The van der Waals surface area contributed by atoms with E-state index in [-0.39, 0.29) is 12.5 Å². The Hall–Kier alpha value is -1.10. The Labute approximate surface area is 70.7 Å². The lowest BCUT2D eigenvalue weighted by molar-refractivity contribution is -0.138. The van der Waals surface area contributed by atoms with Gasteiger partial charge in [0, 0.05) is 6.54 Å². The Morgan fingerprint density at radius 2 is 2.33 bits per heavy atom. The van der Waals surface area contributed by atoms with Crippen molar-refractivity contribution in [1.82, 2.24) is 4.90 Å². The van der Waals surface area contributed by atoms with Gasteiger partial charge in [-0.15, -0.1) is 0 Å². The number of hydrogen-bond donors (Lipinski definition) is 2. The second-order valence-electron chi connectivity index (χ2n) is 2.97. The van der Waals surface area contributed by atoms with Crippen LogP contribution in [0.25, 0.3) is 0 Å². The zero-order chi connectivity index (χ0) is 9.14. The van der Waals surface area contributed by atoms with E-state index in [0.717, 1.165) is 6.42 Å². The lowest BCUT2D eigenvalue weighted by atomic mass is 10.1. The molecule has 5 nitrogen and oxygen atoms in total. The van der Waals surface area contributed by atoms with Gasteiger partial charge in [0.25, 0.3) is 0 Å². The number of likely N-dealkylation sites (tertiary alicyclic amines) is 1. The number of amides is 2. The first-order chi connectivity index (χ1) is 5.61. The summed E-state index contributed by atoms with van der Waals surface area (Å²) in [6, 6.07) is -0.446. The topological polar surface area (TPSA) is 89.4 Å². The van der Waals surface area contributed by atoms with Crippen molar-refractivity contribution in [2.45, 2.75) is 18.9 Å². The predicted molar refractivity (Wildman–Crippen MR) is 43.0 cm³/mol. The Kier molecular flexibility index (Phi) is 2.65. The highest BCUT2D eigenvalue weighted by atomic mass is 16.2. The summed E-state index contributed by atoms with van der Waals surface area (Å²) in [7, 11) is 0. The summed E-state index contributed by atoms with van der Waals surface area (Å²) in [4.78, 5) is 23.2. The largest absolute Gasteiger partial charge is 0.368 e. The van der Waals surface area contributed by atoms with Crippen LogP contribution in [0.3, 0.4) is 0 Å². The van der Waals surface area contributed by atoms with Crippen LogP contribution in [0.5, 0.6) is 0 Å². The summed E-state index contributed by atoms with van der Waals surface area (Å²) < 4.78 is 0. The van der Waals surface area contributed by atoms with E-state index < -0.39 is 11.9 Å². The van der Waals surface area contributed by atoms with Gasteiger partial charge in [-0.05, 0) is 12.8 Å². The van der Waals surface area contributed by atoms with Crippen molar-refractivity contribution in [3.8, 4) is 0 Å². The first kappa shape index (κ1) is 8.99. The van der Waals surface area contributed by atoms with Crippen molar-refractivity contribution in [2.75, 3.05) is 13.1 Å². The molecule has 0 radical (unpaired) electrons. The van der Waals surface area contributed by atoms with Crippen LogP contribution in [-0.2, 0) is 9.59 Å². The van der Waals surface area contributed by atoms with Crippen LogP contribution in [0.15, 0.2) is 0 Å². The number of rotatable bonds is 2. The minimum Gasteiger partial charge on any atom is -0.368 e. The maximum absolute atomic E-state index is 11.3. The van der Waals surface area contributed by atoms with Crippen molar-refractivity contribution < 1.29 is 9.59 Å². The van der Waals surface area contributed by atoms with E-state index in [1.807, 2.05) is 0 Å². The number of carbonyl (C=O) groups is 2. The van der Waals surface area contributed by atoms with Gasteiger partial charge in [0.15, 0.2) is 0 Å². The molecule has 12 heavy (non-hydrogen) atoms. The number of nitrogens with two attached hydrogens (primary N) is 2. The van der Waals surface area contributed by atoms with E-state index in [9.17, 15) is 9.59 Å². The molecule has 0 aromatic heterocycles. The molecule has 1 fully saturated rings. The fourth-order valence-corrected chi connectivity index (χ4v) is 1.32. The molecular formula is C7H13N3O2. The van der Waals surface area contributed by atoms with Gasteiger partial charge in [0.1, 0.15) is 0 Å². The van der Waals surface area contributed by atoms with E-state index in [2.05, 4.69) is 0 Å². The van der Waals surface area contributed by atoms with Gasteiger partial charge in [0.2, 0.25) is 11.8 Å². The van der Waals surface area contributed by atoms with Crippen LogP contribution >= 0.6 is 0 Å². The standard InChI is InChI=1S/C7H13N3O2/c8-5-2-1-3-10(7(5)12)4-6(9)11/h5H,1-4,8H2,(H2,9,11). The summed E-state index contributed by atoms with van der Waals surface area (Å²) in [5.74, 6) is -0.655. The molecule has 0 aromatic rings. The van der Waals surface area contributed by atoms with Crippen LogP contribution in [-0.4, -0.2) is 35.8 Å². The minimum atomic E-state index is -0.488. The zero-order valence-corrected chi connectivity index (χ0v) is 6.82. The molecular weight excluding hydrogens is 158 g/mol. The third-order valence-electron chi connectivity index (χ3n) is 1.92. The van der Waals surface area contributed by atoms with Crippen LogP contribution in [0, 0.1) is 0 Å². The molecule has 1 aliphatic rings. The number of primary amides is 1. The highest BCUT2D eigenvalue weighted by molar-refractivity contribution is 5.87. The highest BCUT2D eigenvalue weighted by Crippen LogP contribution is 2.08. The van der Waals surface area contributed by atoms with Gasteiger partial charge in [-0.1, -0.05) is 0 Å². The molecule has 1 rings (SSSR count). The Bertz CT molecular complexity index is 205. The van der Waals surface area contributed by atoms with Gasteiger partial charge >= 0.3 is 0 Å². The molecule has 0 aliphatic carbocycles. The van der Waals surface area contributed by atoms with E-state index in [1.165, 1.54) is 4.90 Å². The van der Waals surface area contributed by atoms with E-state index in [0.29, 0.717) is 13.0 Å². The minimum absolute atomic E-state index is 0.00741. The summed E-state index contributed by atoms with van der Waals surface area (Å²) in [5.41, 5.74) is 10.5. The third-order valence-corrected chi connectivity index (χ3v) is 1.92. The molecule has 0 aromatic carbocycles. The lowest BCUT2D eigenvalue weighted by Gasteiger charge is -2.29. The Morgan fingerprint density at radius 1 is 1.67 bits per heavy atom. The molecule has 2 amide bonds. The fraction of sp³-hybridized carbons (Fsp3) is 0.714. The van der Waals surface area contributed by atoms with Crippen LogP contribution in [0.2, 0.25) is 0 Å². The Balaban J connectivity index is 2.52. The molecule has 5 heteroatoms. The van der Waals surface area contributed by atoms with E-state index >= 15 is 0 Å². The van der Waals surface area contributed by atoms with Gasteiger partial charge < -0.3 is 16.4 Å². The SMILES string of the molecule is NC(=O)CN1CCCC(N)C1=O. The zero-order valence-electron chi connectivity index (χ0n) is 6.82. The summed E-state index contributed by atoms with van der Waals surface area (Å²) in [6.45, 7) is 0.585. The van der Waals surface area contributed by atoms with Crippen LogP contribution in [0.4, 0.5) is 0 Å². The average Bonchev–Trinajstić information content (AvgIpc) is 1.98. The predicted octanol–water partition coefficient (Wildman–Crippen LogP) is -1.58. The highest BCUT2D eigenvalue weighted by Gasteiger charge is 2.26. The molecule has 1 unspecified atom stereocenters. The van der Waals surface area contributed by atoms with Gasteiger partial charge in [-0.3, -0.25) is 9.59 Å². The van der Waals surface area contributed by atoms with Crippen LogP contribution in [0.1, 0.15) is 12.8 Å². The smallest absolute Gasteiger partial charge is 0.239 e. The van der Waals surface area contributed by atoms with Crippen molar-refractivity contribution in [3.05, 3.63) is 0 Å². The molecule has 4 N–H and O–H groups in total. The maximum atomic E-state index is 11.3. The number of carbonyl (C=O) groups excluding carboxylic acids is 2. The maximum Gasteiger partial charge on any atom is 0.239 e. The fourth-order valence-electron chi connectivity index (χ4n) is 1.32. The first-order valence-corrected chi connectivity index (χ1v) is 3.94. The monoisotopic (exact) mass is 171 g/mol. The second-order valence-corrected chi connectivity index (χ2v) is 2.97. The number of nitrogens with zero attached hydrogens (tertiary/aromatic N) is 1. The average molecular weight is 171 g/mol. The molecule has 1 aliphatic heterocycles. The number of hydrogen-bond acceptors (Lipinski definition) is 3.